The Morgan fingerprint density at radius 2 is 1.71 bits per heavy atom. The number of likely N-dealkylation sites (tertiary alicyclic amines) is 2. The number of esters is 1. The first kappa shape index (κ1) is 16.3. The first-order valence-corrected chi connectivity index (χ1v) is 8.21. The van der Waals surface area contributed by atoms with E-state index < -0.39 is 0 Å². The van der Waals surface area contributed by atoms with Gasteiger partial charge in [0.05, 0.1) is 13.5 Å². The summed E-state index contributed by atoms with van der Waals surface area (Å²) >= 11 is 0. The predicted molar refractivity (Wildman–Crippen MR) is 80.8 cm³/mol. The Balaban J connectivity index is 1.69. The fourth-order valence-electron chi connectivity index (χ4n) is 3.53. The monoisotopic (exact) mass is 296 g/mol. The molecule has 1 amide bonds. The minimum absolute atomic E-state index is 0.104. The number of carbonyl (C=O) groups excluding carboxylic acids is 2. The van der Waals surface area contributed by atoms with Crippen molar-refractivity contribution < 1.29 is 14.3 Å². The summed E-state index contributed by atoms with van der Waals surface area (Å²) in [5.41, 5.74) is 0. The second-order valence-electron chi connectivity index (χ2n) is 6.36. The van der Waals surface area contributed by atoms with Crippen LogP contribution in [0, 0.1) is 11.8 Å². The normalized spacial score (nSPS) is 25.1. The largest absolute Gasteiger partial charge is 0.469 e. The third-order valence-electron chi connectivity index (χ3n) is 4.76. The lowest BCUT2D eigenvalue weighted by atomic mass is 10.0. The van der Waals surface area contributed by atoms with Crippen molar-refractivity contribution >= 4 is 11.9 Å². The highest BCUT2D eigenvalue weighted by atomic mass is 16.5. The summed E-state index contributed by atoms with van der Waals surface area (Å²) in [7, 11) is 1.36. The lowest BCUT2D eigenvalue weighted by molar-refractivity contribution is -0.143. The number of carbonyl (C=O) groups is 2. The van der Waals surface area contributed by atoms with Crippen molar-refractivity contribution in [2.45, 2.75) is 39.0 Å². The maximum atomic E-state index is 12.1. The van der Waals surface area contributed by atoms with E-state index in [0.717, 1.165) is 26.2 Å². The Kier molecular flexibility index (Phi) is 6.03. The number of ether oxygens (including phenoxy) is 1. The third-order valence-corrected chi connectivity index (χ3v) is 4.76. The molecule has 2 aliphatic heterocycles. The van der Waals surface area contributed by atoms with E-state index in [2.05, 4.69) is 16.6 Å². The van der Waals surface area contributed by atoms with Crippen LogP contribution in [0.3, 0.4) is 0 Å². The van der Waals surface area contributed by atoms with E-state index in [1.807, 2.05) is 4.90 Å². The molecule has 2 fully saturated rings. The summed E-state index contributed by atoms with van der Waals surface area (Å²) in [5, 5.41) is 0. The molecule has 0 unspecified atom stereocenters. The lowest BCUT2D eigenvalue weighted by Gasteiger charge is -2.21. The minimum Gasteiger partial charge on any atom is -0.469 e. The fourth-order valence-corrected chi connectivity index (χ4v) is 3.53. The third kappa shape index (κ3) is 4.43. The molecule has 5 nitrogen and oxygen atoms in total. The molecule has 0 aromatic carbocycles. The molecule has 21 heavy (non-hydrogen) atoms. The van der Waals surface area contributed by atoms with Crippen LogP contribution in [0.2, 0.25) is 0 Å². The van der Waals surface area contributed by atoms with Gasteiger partial charge in [0.15, 0.2) is 0 Å². The predicted octanol–water partition coefficient (Wildman–Crippen LogP) is 1.52. The second kappa shape index (κ2) is 7.78. The van der Waals surface area contributed by atoms with Crippen LogP contribution in [-0.4, -0.2) is 61.5 Å². The second-order valence-corrected chi connectivity index (χ2v) is 6.36. The van der Waals surface area contributed by atoms with E-state index in [1.165, 1.54) is 32.9 Å². The van der Waals surface area contributed by atoms with Gasteiger partial charge in [-0.1, -0.05) is 19.8 Å². The first-order chi connectivity index (χ1) is 10.1. The van der Waals surface area contributed by atoms with Crippen LogP contribution in [0.1, 0.15) is 39.0 Å². The van der Waals surface area contributed by atoms with Gasteiger partial charge >= 0.3 is 5.97 Å². The van der Waals surface area contributed by atoms with Gasteiger partial charge in [0.1, 0.15) is 0 Å². The van der Waals surface area contributed by atoms with Crippen molar-refractivity contribution in [3.8, 4) is 0 Å². The van der Waals surface area contributed by atoms with E-state index in [0.29, 0.717) is 11.8 Å². The van der Waals surface area contributed by atoms with E-state index in [4.69, 9.17) is 0 Å². The van der Waals surface area contributed by atoms with Gasteiger partial charge in [0, 0.05) is 32.6 Å². The van der Waals surface area contributed by atoms with Crippen LogP contribution in [0.25, 0.3) is 0 Å². The van der Waals surface area contributed by atoms with Crippen LogP contribution in [0.5, 0.6) is 0 Å². The average molecular weight is 296 g/mol. The van der Waals surface area contributed by atoms with E-state index in [9.17, 15) is 9.59 Å². The fraction of sp³-hybridized carbons (Fsp3) is 0.875. The molecule has 0 aliphatic carbocycles. The molecule has 2 heterocycles. The van der Waals surface area contributed by atoms with E-state index in [1.54, 1.807) is 0 Å². The first-order valence-electron chi connectivity index (χ1n) is 8.21. The molecule has 0 N–H and O–H groups in total. The number of rotatable bonds is 7. The Morgan fingerprint density at radius 1 is 1.05 bits per heavy atom. The highest BCUT2D eigenvalue weighted by Gasteiger charge is 2.40. The zero-order chi connectivity index (χ0) is 15.2. The molecule has 0 spiro atoms. The van der Waals surface area contributed by atoms with Gasteiger partial charge in [-0.2, -0.15) is 0 Å². The minimum atomic E-state index is -0.301. The molecular weight excluding hydrogens is 268 g/mol. The maximum Gasteiger partial charge on any atom is 0.306 e. The molecule has 5 heteroatoms. The smallest absolute Gasteiger partial charge is 0.306 e. The number of nitrogens with zero attached hydrogens (tertiary/aromatic N) is 2. The van der Waals surface area contributed by atoms with Gasteiger partial charge in [-0.3, -0.25) is 9.59 Å². The molecule has 0 saturated carbocycles. The van der Waals surface area contributed by atoms with Crippen LogP contribution < -0.4 is 0 Å². The summed E-state index contributed by atoms with van der Waals surface area (Å²) in [6.07, 6.45) is 4.35. The van der Waals surface area contributed by atoms with E-state index >= 15 is 0 Å². The summed E-state index contributed by atoms with van der Waals surface area (Å²) in [4.78, 5) is 27.7. The lowest BCUT2D eigenvalue weighted by Crippen LogP contribution is -2.33. The Bertz CT molecular complexity index is 359. The van der Waals surface area contributed by atoms with E-state index in [-0.39, 0.29) is 24.7 Å². The molecule has 0 aromatic rings. The van der Waals surface area contributed by atoms with Crippen molar-refractivity contribution in [3.05, 3.63) is 0 Å². The number of unbranched alkanes of at least 4 members (excludes halogenated alkanes) is 2. The quantitative estimate of drug-likeness (QED) is 0.528. The van der Waals surface area contributed by atoms with Crippen LogP contribution >= 0.6 is 0 Å². The molecular formula is C16H28N2O3. The molecule has 0 bridgehead atoms. The molecule has 2 aliphatic rings. The van der Waals surface area contributed by atoms with Crippen LogP contribution in [0.15, 0.2) is 0 Å². The van der Waals surface area contributed by atoms with Gasteiger partial charge in [-0.05, 0) is 24.8 Å². The highest BCUT2D eigenvalue weighted by molar-refractivity contribution is 5.81. The zero-order valence-electron chi connectivity index (χ0n) is 13.3. The van der Waals surface area contributed by atoms with Crippen molar-refractivity contribution in [2.24, 2.45) is 11.8 Å². The van der Waals surface area contributed by atoms with Gasteiger partial charge in [0.25, 0.3) is 0 Å². The standard InChI is InChI=1S/C16H28N2O3/c1-3-4-5-8-17-9-13-11-18(12-14(13)10-17)15(19)6-7-16(20)21-2/h13-14H,3-12H2,1-2H3/t13-,14-/m1/s1. The summed E-state index contributed by atoms with van der Waals surface area (Å²) in [6.45, 7) is 7.45. The Hall–Kier alpha value is -1.10. The number of fused-ring (bicyclic) bond motifs is 1. The molecule has 0 aromatic heterocycles. The summed E-state index contributed by atoms with van der Waals surface area (Å²) in [5.74, 6) is 1.07. The van der Waals surface area contributed by atoms with Crippen molar-refractivity contribution in [1.82, 2.24) is 9.80 Å². The Labute approximate surface area is 127 Å². The number of methoxy groups -OCH3 is 1. The molecule has 2 rings (SSSR count). The molecule has 2 saturated heterocycles. The van der Waals surface area contributed by atoms with Crippen molar-refractivity contribution in [2.75, 3.05) is 39.8 Å². The van der Waals surface area contributed by atoms with Crippen LogP contribution in [-0.2, 0) is 14.3 Å². The van der Waals surface area contributed by atoms with Crippen molar-refractivity contribution in [1.29, 1.82) is 0 Å². The Morgan fingerprint density at radius 3 is 2.29 bits per heavy atom. The summed E-state index contributed by atoms with van der Waals surface area (Å²) < 4.78 is 4.58. The van der Waals surface area contributed by atoms with Gasteiger partial charge in [-0.15, -0.1) is 0 Å². The molecule has 0 radical (unpaired) electrons. The molecule has 2 atom stereocenters. The molecule has 120 valence electrons. The topological polar surface area (TPSA) is 49.9 Å². The number of hydrogen-bond acceptors (Lipinski definition) is 4. The number of hydrogen-bond donors (Lipinski definition) is 0. The zero-order valence-corrected chi connectivity index (χ0v) is 13.3. The van der Waals surface area contributed by atoms with Gasteiger partial charge in [-0.25, -0.2) is 0 Å². The summed E-state index contributed by atoms with van der Waals surface area (Å²) in [6, 6.07) is 0. The maximum absolute atomic E-state index is 12.1. The van der Waals surface area contributed by atoms with Crippen molar-refractivity contribution in [3.63, 3.8) is 0 Å². The average Bonchev–Trinajstić information content (AvgIpc) is 3.02. The van der Waals surface area contributed by atoms with Gasteiger partial charge in [0.2, 0.25) is 5.91 Å². The number of amides is 1. The highest BCUT2D eigenvalue weighted by Crippen LogP contribution is 2.31. The van der Waals surface area contributed by atoms with Gasteiger partial charge < -0.3 is 14.5 Å². The SMILES string of the molecule is CCCCCN1C[C@@H]2CN(C(=O)CCC(=O)OC)C[C@H]2C1. The van der Waals surface area contributed by atoms with Crippen LogP contribution in [0.4, 0.5) is 0 Å².